The van der Waals surface area contributed by atoms with Crippen molar-refractivity contribution < 1.29 is 31.8 Å². The monoisotopic (exact) mass is 474 g/mol. The zero-order valence-corrected chi connectivity index (χ0v) is 19.5. The lowest BCUT2D eigenvalue weighted by atomic mass is 10.2. The minimum absolute atomic E-state index is 0.0393. The van der Waals surface area contributed by atoms with E-state index in [-0.39, 0.29) is 21.7 Å². The third-order valence-electron chi connectivity index (χ3n) is 5.12. The van der Waals surface area contributed by atoms with Crippen molar-refractivity contribution in [3.63, 3.8) is 0 Å². The molecular weight excluding hydrogens is 448 g/mol. The highest BCUT2D eigenvalue weighted by molar-refractivity contribution is 7.91. The van der Waals surface area contributed by atoms with E-state index >= 15 is 0 Å². The van der Waals surface area contributed by atoms with E-state index in [2.05, 4.69) is 10.3 Å². The van der Waals surface area contributed by atoms with Crippen molar-refractivity contribution >= 4 is 15.7 Å². The first-order valence-electron chi connectivity index (χ1n) is 10.6. The molecule has 10 heteroatoms. The summed E-state index contributed by atoms with van der Waals surface area (Å²) in [5, 5.41) is 2.88. The van der Waals surface area contributed by atoms with Gasteiger partial charge in [0.05, 0.1) is 19.1 Å². The molecule has 0 saturated heterocycles. The normalized spacial score (nSPS) is 12.9. The van der Waals surface area contributed by atoms with Crippen LogP contribution >= 0.6 is 0 Å². The second-order valence-corrected chi connectivity index (χ2v) is 9.18. The van der Waals surface area contributed by atoms with Crippen LogP contribution in [0.5, 0.6) is 23.0 Å². The molecule has 0 atom stereocenters. The summed E-state index contributed by atoms with van der Waals surface area (Å²) in [7, 11) is -0.956. The summed E-state index contributed by atoms with van der Waals surface area (Å²) < 4.78 is 54.6. The minimum Gasteiger partial charge on any atom is -0.493 e. The van der Waals surface area contributed by atoms with Gasteiger partial charge in [-0.2, -0.15) is 4.98 Å². The molecule has 2 heterocycles. The number of methoxy groups -OCH3 is 2. The average molecular weight is 475 g/mol. The van der Waals surface area contributed by atoms with Gasteiger partial charge in [0, 0.05) is 18.2 Å². The third kappa shape index (κ3) is 4.56. The Balaban J connectivity index is 1.77. The highest BCUT2D eigenvalue weighted by Gasteiger charge is 2.30. The molecule has 2 aromatic carbocycles. The van der Waals surface area contributed by atoms with Crippen LogP contribution in [0.25, 0.3) is 11.5 Å². The van der Waals surface area contributed by atoms with Gasteiger partial charge in [-0.3, -0.25) is 0 Å². The molecule has 0 fully saturated rings. The van der Waals surface area contributed by atoms with Crippen LogP contribution in [0, 0.1) is 0 Å². The Morgan fingerprint density at radius 1 is 1.00 bits per heavy atom. The first-order valence-corrected chi connectivity index (χ1v) is 12.1. The largest absolute Gasteiger partial charge is 0.493 e. The van der Waals surface area contributed by atoms with Gasteiger partial charge in [-0.25, -0.2) is 8.42 Å². The van der Waals surface area contributed by atoms with Crippen molar-refractivity contribution in [3.05, 3.63) is 36.4 Å². The molecule has 1 aliphatic rings. The number of hydrogen-bond donors (Lipinski definition) is 1. The van der Waals surface area contributed by atoms with Gasteiger partial charge in [0.25, 0.3) is 0 Å². The maximum Gasteiger partial charge on any atom is 0.233 e. The van der Waals surface area contributed by atoms with E-state index in [9.17, 15) is 8.42 Å². The minimum atomic E-state index is -4.01. The van der Waals surface area contributed by atoms with Gasteiger partial charge in [-0.15, -0.1) is 0 Å². The lowest BCUT2D eigenvalue weighted by molar-refractivity contribution is 0.171. The Morgan fingerprint density at radius 2 is 1.76 bits per heavy atom. The molecule has 0 unspecified atom stereocenters. The number of sulfone groups is 1. The Morgan fingerprint density at radius 3 is 2.48 bits per heavy atom. The topological polar surface area (TPSA) is 109 Å². The van der Waals surface area contributed by atoms with Gasteiger partial charge < -0.3 is 28.7 Å². The molecule has 4 rings (SSSR count). The molecule has 9 nitrogen and oxygen atoms in total. The van der Waals surface area contributed by atoms with Crippen LogP contribution < -0.4 is 24.3 Å². The van der Waals surface area contributed by atoms with Crippen LogP contribution in [0.15, 0.2) is 50.7 Å². The average Bonchev–Trinajstić information content (AvgIpc) is 3.28. The van der Waals surface area contributed by atoms with Crippen molar-refractivity contribution in [1.82, 2.24) is 4.98 Å². The van der Waals surface area contributed by atoms with Crippen molar-refractivity contribution in [1.29, 1.82) is 0 Å². The highest BCUT2D eigenvalue weighted by Crippen LogP contribution is 2.38. The van der Waals surface area contributed by atoms with E-state index in [0.29, 0.717) is 48.3 Å². The van der Waals surface area contributed by atoms with Crippen molar-refractivity contribution in [3.8, 4) is 34.5 Å². The fourth-order valence-electron chi connectivity index (χ4n) is 3.37. The third-order valence-corrected chi connectivity index (χ3v) is 6.78. The van der Waals surface area contributed by atoms with Gasteiger partial charge in [0.1, 0.15) is 13.2 Å². The molecule has 0 aliphatic carbocycles. The highest BCUT2D eigenvalue weighted by atomic mass is 32.2. The quantitative estimate of drug-likeness (QED) is 0.457. The van der Waals surface area contributed by atoms with Crippen LogP contribution in [-0.4, -0.2) is 47.4 Å². The van der Waals surface area contributed by atoms with Crippen LogP contribution in [0.4, 0.5) is 5.88 Å². The maximum atomic E-state index is 13.5. The molecule has 0 amide bonds. The van der Waals surface area contributed by atoms with Gasteiger partial charge in [-0.05, 0) is 36.8 Å². The Hall–Kier alpha value is -3.40. The number of benzene rings is 2. The molecule has 0 radical (unpaired) electrons. The van der Waals surface area contributed by atoms with E-state index in [1.54, 1.807) is 24.3 Å². The number of aromatic nitrogens is 1. The second kappa shape index (κ2) is 9.62. The van der Waals surface area contributed by atoms with Crippen LogP contribution in [-0.2, 0) is 9.84 Å². The van der Waals surface area contributed by atoms with E-state index in [0.717, 1.165) is 12.8 Å². The Labute approximate surface area is 192 Å². The van der Waals surface area contributed by atoms with E-state index in [4.69, 9.17) is 23.4 Å². The number of anilines is 1. The molecule has 0 saturated carbocycles. The van der Waals surface area contributed by atoms with Crippen LogP contribution in [0.2, 0.25) is 0 Å². The number of ether oxygens (including phenoxy) is 4. The van der Waals surface area contributed by atoms with E-state index < -0.39 is 9.84 Å². The molecule has 0 spiro atoms. The predicted octanol–water partition coefficient (Wildman–Crippen LogP) is 4.17. The van der Waals surface area contributed by atoms with Crippen molar-refractivity contribution in [2.45, 2.75) is 29.7 Å². The van der Waals surface area contributed by atoms with Crippen molar-refractivity contribution in [2.24, 2.45) is 0 Å². The summed E-state index contributed by atoms with van der Waals surface area (Å²) in [5.74, 6) is 2.14. The molecule has 3 aromatic rings. The van der Waals surface area contributed by atoms with Crippen LogP contribution in [0.1, 0.15) is 19.8 Å². The molecule has 33 heavy (non-hydrogen) atoms. The number of nitrogens with zero attached hydrogens (tertiary/aromatic N) is 1. The first kappa shape index (κ1) is 22.8. The lowest BCUT2D eigenvalue weighted by Gasteiger charge is -2.18. The number of unbranched alkanes of at least 4 members (excludes halogenated alkanes) is 1. The maximum absolute atomic E-state index is 13.5. The smallest absolute Gasteiger partial charge is 0.233 e. The fourth-order valence-corrected chi connectivity index (χ4v) is 4.67. The summed E-state index contributed by atoms with van der Waals surface area (Å²) in [4.78, 5) is 4.40. The molecule has 1 aliphatic heterocycles. The summed E-state index contributed by atoms with van der Waals surface area (Å²) >= 11 is 0. The zero-order valence-electron chi connectivity index (χ0n) is 18.7. The Kier molecular flexibility index (Phi) is 6.64. The summed E-state index contributed by atoms with van der Waals surface area (Å²) in [6.07, 6.45) is 1.78. The van der Waals surface area contributed by atoms with E-state index in [1.807, 2.05) is 6.92 Å². The summed E-state index contributed by atoms with van der Waals surface area (Å²) in [6, 6.07) is 9.62. The van der Waals surface area contributed by atoms with Crippen molar-refractivity contribution in [2.75, 3.05) is 39.3 Å². The van der Waals surface area contributed by atoms with Gasteiger partial charge >= 0.3 is 0 Å². The standard InChI is InChI=1S/C23H26N2O7S/c1-4-5-10-24-22-23(25-21(32-22)15-6-8-17(28-2)19(13-15)29-3)33(26,27)16-7-9-18-20(14-16)31-12-11-30-18/h6-9,13-14,24H,4-5,10-12H2,1-3H3. The lowest BCUT2D eigenvalue weighted by Crippen LogP contribution is -2.16. The molecular formula is C23H26N2O7S. The number of fused-ring (bicyclic) bond motifs is 1. The second-order valence-electron chi connectivity index (χ2n) is 7.31. The SMILES string of the molecule is CCCCNc1oc(-c2ccc(OC)c(OC)c2)nc1S(=O)(=O)c1ccc2c(c1)OCCO2. The molecule has 0 bridgehead atoms. The van der Waals surface area contributed by atoms with Gasteiger partial charge in [0.15, 0.2) is 23.0 Å². The summed E-state index contributed by atoms with van der Waals surface area (Å²) in [6.45, 7) is 3.36. The number of hydrogen-bond acceptors (Lipinski definition) is 9. The number of oxazole rings is 1. The van der Waals surface area contributed by atoms with E-state index in [1.165, 1.54) is 26.4 Å². The van der Waals surface area contributed by atoms with Gasteiger partial charge in [-0.1, -0.05) is 13.3 Å². The fraction of sp³-hybridized carbons (Fsp3) is 0.348. The molecule has 1 aromatic heterocycles. The Bertz CT molecular complexity index is 1240. The predicted molar refractivity (Wildman–Crippen MR) is 121 cm³/mol. The first-order chi connectivity index (χ1) is 16.0. The zero-order chi connectivity index (χ0) is 23.4. The molecule has 176 valence electrons. The molecule has 1 N–H and O–H groups in total. The number of nitrogens with one attached hydrogen (secondary N) is 1. The van der Waals surface area contributed by atoms with Crippen LogP contribution in [0.3, 0.4) is 0 Å². The summed E-state index contributed by atoms with van der Waals surface area (Å²) in [5.41, 5.74) is 0.551. The number of rotatable bonds is 9. The van der Waals surface area contributed by atoms with Gasteiger partial charge in [0.2, 0.25) is 26.6 Å².